The number of likely N-dealkylation sites (tertiary alicyclic amines) is 1. The van der Waals surface area contributed by atoms with Gasteiger partial charge in [0, 0.05) is 19.5 Å². The fourth-order valence-electron chi connectivity index (χ4n) is 3.55. The Kier molecular flexibility index (Phi) is 6.05. The van der Waals surface area contributed by atoms with Crippen molar-refractivity contribution < 1.29 is 14.7 Å². The zero-order valence-corrected chi connectivity index (χ0v) is 15.1. The average molecular weight is 311 g/mol. The van der Waals surface area contributed by atoms with Gasteiger partial charge in [-0.3, -0.25) is 9.59 Å². The zero-order chi connectivity index (χ0) is 17.1. The molecule has 1 aliphatic heterocycles. The first kappa shape index (κ1) is 19.0. The highest BCUT2D eigenvalue weighted by Crippen LogP contribution is 2.39. The van der Waals surface area contributed by atoms with Crippen LogP contribution < -0.4 is 0 Å². The minimum atomic E-state index is -0.898. The van der Waals surface area contributed by atoms with Gasteiger partial charge in [0.2, 0.25) is 5.91 Å². The van der Waals surface area contributed by atoms with E-state index in [1.165, 1.54) is 0 Å². The van der Waals surface area contributed by atoms with E-state index >= 15 is 0 Å². The van der Waals surface area contributed by atoms with E-state index in [-0.39, 0.29) is 29.6 Å². The van der Waals surface area contributed by atoms with Gasteiger partial charge in [-0.15, -0.1) is 0 Å². The van der Waals surface area contributed by atoms with Gasteiger partial charge in [-0.2, -0.15) is 0 Å². The Balaban J connectivity index is 2.72. The molecule has 4 heteroatoms. The maximum absolute atomic E-state index is 12.2. The van der Waals surface area contributed by atoms with Crippen LogP contribution in [0, 0.1) is 22.7 Å². The number of amides is 1. The number of rotatable bonds is 5. The van der Waals surface area contributed by atoms with Gasteiger partial charge in [0.1, 0.15) is 0 Å². The van der Waals surface area contributed by atoms with Crippen molar-refractivity contribution in [1.29, 1.82) is 0 Å². The molecule has 0 saturated carbocycles. The first-order valence-electron chi connectivity index (χ1n) is 8.37. The largest absolute Gasteiger partial charge is 0.481 e. The third-order valence-corrected chi connectivity index (χ3v) is 4.23. The summed E-state index contributed by atoms with van der Waals surface area (Å²) in [4.78, 5) is 24.8. The third kappa shape index (κ3) is 6.80. The summed E-state index contributed by atoms with van der Waals surface area (Å²) in [7, 11) is 0. The lowest BCUT2D eigenvalue weighted by Gasteiger charge is -2.30. The van der Waals surface area contributed by atoms with Gasteiger partial charge in [0.25, 0.3) is 0 Å². The highest BCUT2D eigenvalue weighted by atomic mass is 16.4. The molecule has 0 aromatic rings. The van der Waals surface area contributed by atoms with E-state index in [2.05, 4.69) is 41.5 Å². The van der Waals surface area contributed by atoms with Crippen molar-refractivity contribution in [2.24, 2.45) is 22.7 Å². The molecular weight excluding hydrogens is 278 g/mol. The number of hydrogen-bond donors (Lipinski definition) is 1. The lowest BCUT2D eigenvalue weighted by Crippen LogP contribution is -2.29. The SMILES string of the molecule is CC(C)(C)CC1CN(C(=O)CCC(=O)O)CC1CC(C)(C)C. The number of carboxylic acid groups (broad SMARTS) is 1. The smallest absolute Gasteiger partial charge is 0.303 e. The lowest BCUT2D eigenvalue weighted by molar-refractivity contribution is -0.140. The minimum Gasteiger partial charge on any atom is -0.481 e. The van der Waals surface area contributed by atoms with Crippen LogP contribution >= 0.6 is 0 Å². The Labute approximate surface area is 135 Å². The number of aliphatic carboxylic acids is 1. The maximum Gasteiger partial charge on any atom is 0.303 e. The van der Waals surface area contributed by atoms with Crippen molar-refractivity contribution >= 4 is 11.9 Å². The molecule has 0 aliphatic carbocycles. The van der Waals surface area contributed by atoms with Crippen molar-refractivity contribution in [3.63, 3.8) is 0 Å². The van der Waals surface area contributed by atoms with E-state index in [4.69, 9.17) is 5.11 Å². The van der Waals surface area contributed by atoms with Gasteiger partial charge in [0.05, 0.1) is 6.42 Å². The molecule has 0 bridgehead atoms. The molecular formula is C18H33NO3. The highest BCUT2D eigenvalue weighted by molar-refractivity contribution is 5.80. The van der Waals surface area contributed by atoms with Gasteiger partial charge < -0.3 is 10.0 Å². The predicted octanol–water partition coefficient (Wildman–Crippen LogP) is 3.80. The average Bonchev–Trinajstić information content (AvgIpc) is 2.64. The molecule has 4 nitrogen and oxygen atoms in total. The van der Waals surface area contributed by atoms with Crippen LogP contribution in [0.5, 0.6) is 0 Å². The van der Waals surface area contributed by atoms with Crippen LogP contribution in [0.4, 0.5) is 0 Å². The summed E-state index contributed by atoms with van der Waals surface area (Å²) in [6, 6.07) is 0. The van der Waals surface area contributed by atoms with Crippen molar-refractivity contribution in [2.45, 2.75) is 67.2 Å². The van der Waals surface area contributed by atoms with E-state index in [1.54, 1.807) is 0 Å². The van der Waals surface area contributed by atoms with Crippen molar-refractivity contribution in [3.8, 4) is 0 Å². The molecule has 0 aromatic carbocycles. The molecule has 1 aliphatic rings. The van der Waals surface area contributed by atoms with Crippen molar-refractivity contribution in [3.05, 3.63) is 0 Å². The maximum atomic E-state index is 12.2. The predicted molar refractivity (Wildman–Crippen MR) is 88.6 cm³/mol. The van der Waals surface area contributed by atoms with Crippen molar-refractivity contribution in [2.75, 3.05) is 13.1 Å². The normalized spacial score (nSPS) is 22.9. The Morgan fingerprint density at radius 1 is 0.909 bits per heavy atom. The number of carbonyl (C=O) groups is 2. The first-order valence-corrected chi connectivity index (χ1v) is 8.37. The van der Waals surface area contributed by atoms with Crippen LogP contribution in [0.2, 0.25) is 0 Å². The van der Waals surface area contributed by atoms with E-state index in [0.717, 1.165) is 25.9 Å². The first-order chi connectivity index (χ1) is 9.87. The molecule has 0 spiro atoms. The third-order valence-electron chi connectivity index (χ3n) is 4.23. The van der Waals surface area contributed by atoms with Gasteiger partial charge in [-0.05, 0) is 35.5 Å². The second-order valence-electron chi connectivity index (χ2n) is 9.24. The van der Waals surface area contributed by atoms with Gasteiger partial charge >= 0.3 is 5.97 Å². The number of nitrogens with zero attached hydrogens (tertiary/aromatic N) is 1. The number of hydrogen-bond acceptors (Lipinski definition) is 2. The van der Waals surface area contributed by atoms with Gasteiger partial charge in [-0.25, -0.2) is 0 Å². The molecule has 1 saturated heterocycles. The molecule has 0 aromatic heterocycles. The molecule has 22 heavy (non-hydrogen) atoms. The zero-order valence-electron chi connectivity index (χ0n) is 15.1. The van der Waals surface area contributed by atoms with E-state index < -0.39 is 5.97 Å². The van der Waals surface area contributed by atoms with Crippen LogP contribution in [0.3, 0.4) is 0 Å². The minimum absolute atomic E-state index is 0.00211. The van der Waals surface area contributed by atoms with Crippen LogP contribution in [-0.2, 0) is 9.59 Å². The van der Waals surface area contributed by atoms with E-state index in [0.29, 0.717) is 11.8 Å². The molecule has 1 heterocycles. The highest BCUT2D eigenvalue weighted by Gasteiger charge is 2.38. The fourth-order valence-corrected chi connectivity index (χ4v) is 3.55. The van der Waals surface area contributed by atoms with Crippen LogP contribution in [0.1, 0.15) is 67.2 Å². The number of carbonyl (C=O) groups excluding carboxylic acids is 1. The summed E-state index contributed by atoms with van der Waals surface area (Å²) in [5.41, 5.74) is 0.502. The Morgan fingerprint density at radius 2 is 1.32 bits per heavy atom. The quantitative estimate of drug-likeness (QED) is 0.840. The second-order valence-corrected chi connectivity index (χ2v) is 9.24. The standard InChI is InChI=1S/C18H33NO3/c1-17(2,3)9-13-11-19(15(20)7-8-16(21)22)12-14(13)10-18(4,5)6/h13-14H,7-12H2,1-6H3,(H,21,22). The molecule has 0 radical (unpaired) electrons. The van der Waals surface area contributed by atoms with Crippen LogP contribution in [-0.4, -0.2) is 35.0 Å². The summed E-state index contributed by atoms with van der Waals surface area (Å²) in [6.45, 7) is 15.1. The lowest BCUT2D eigenvalue weighted by atomic mass is 9.74. The molecule has 1 rings (SSSR count). The fraction of sp³-hybridized carbons (Fsp3) is 0.889. The van der Waals surface area contributed by atoms with Gasteiger partial charge in [-0.1, -0.05) is 41.5 Å². The Bertz CT molecular complexity index is 380. The summed E-state index contributed by atoms with van der Waals surface area (Å²) in [5.74, 6) is 0.142. The van der Waals surface area contributed by atoms with E-state index in [9.17, 15) is 9.59 Å². The van der Waals surface area contributed by atoms with Gasteiger partial charge in [0.15, 0.2) is 0 Å². The molecule has 1 N–H and O–H groups in total. The van der Waals surface area contributed by atoms with E-state index in [1.807, 2.05) is 4.90 Å². The summed E-state index contributed by atoms with van der Waals surface area (Å²) in [6.07, 6.45) is 2.27. The summed E-state index contributed by atoms with van der Waals surface area (Å²) >= 11 is 0. The molecule has 128 valence electrons. The van der Waals surface area contributed by atoms with Crippen LogP contribution in [0.15, 0.2) is 0 Å². The molecule has 2 atom stereocenters. The van der Waals surface area contributed by atoms with Crippen LogP contribution in [0.25, 0.3) is 0 Å². The molecule has 1 amide bonds. The molecule has 1 fully saturated rings. The monoisotopic (exact) mass is 311 g/mol. The summed E-state index contributed by atoms with van der Waals surface area (Å²) < 4.78 is 0. The number of carboxylic acids is 1. The Morgan fingerprint density at radius 3 is 1.64 bits per heavy atom. The van der Waals surface area contributed by atoms with Crippen molar-refractivity contribution in [1.82, 2.24) is 4.90 Å². The topological polar surface area (TPSA) is 57.6 Å². The second kappa shape index (κ2) is 7.01. The summed E-state index contributed by atoms with van der Waals surface area (Å²) in [5, 5.41) is 8.74. The molecule has 2 unspecified atom stereocenters. The Hall–Kier alpha value is -1.06.